The van der Waals surface area contributed by atoms with Crippen molar-refractivity contribution in [2.24, 2.45) is 0 Å². The van der Waals surface area contributed by atoms with Gasteiger partial charge in [0.15, 0.2) is 5.57 Å². The van der Waals surface area contributed by atoms with Crippen molar-refractivity contribution in [2.75, 3.05) is 12.4 Å². The van der Waals surface area contributed by atoms with Crippen LogP contribution < -0.4 is 5.32 Å². The highest BCUT2D eigenvalue weighted by molar-refractivity contribution is 6.30. The second-order valence-corrected chi connectivity index (χ2v) is 3.92. The monoisotopic (exact) mass is 304 g/mol. The van der Waals surface area contributed by atoms with Gasteiger partial charge >= 0.3 is 12.1 Å². The highest BCUT2D eigenvalue weighted by Crippen LogP contribution is 2.30. The summed E-state index contributed by atoms with van der Waals surface area (Å²) in [6, 6.07) is 6.47. The first-order valence-electron chi connectivity index (χ1n) is 5.12. The van der Waals surface area contributed by atoms with Crippen molar-refractivity contribution < 1.29 is 22.7 Å². The van der Waals surface area contributed by atoms with Crippen LogP contribution in [0.4, 0.5) is 18.9 Å². The minimum atomic E-state index is -4.92. The number of nitrogens with one attached hydrogen (secondary N) is 1. The van der Waals surface area contributed by atoms with E-state index in [4.69, 9.17) is 16.9 Å². The number of nitriles is 1. The van der Waals surface area contributed by atoms with E-state index in [1.807, 2.05) is 5.32 Å². The van der Waals surface area contributed by atoms with E-state index in [-0.39, 0.29) is 5.69 Å². The van der Waals surface area contributed by atoms with E-state index in [9.17, 15) is 18.0 Å². The van der Waals surface area contributed by atoms with Crippen LogP contribution in [0.25, 0.3) is 0 Å². The van der Waals surface area contributed by atoms with Gasteiger partial charge in [-0.25, -0.2) is 4.79 Å². The number of ether oxygens (including phenoxy) is 1. The molecule has 0 spiro atoms. The zero-order chi connectivity index (χ0) is 15.3. The van der Waals surface area contributed by atoms with Gasteiger partial charge in [-0.15, -0.1) is 0 Å². The normalized spacial score (nSPS) is 12.2. The van der Waals surface area contributed by atoms with E-state index in [0.29, 0.717) is 5.02 Å². The van der Waals surface area contributed by atoms with Crippen LogP contribution in [0.5, 0.6) is 0 Å². The van der Waals surface area contributed by atoms with E-state index in [2.05, 4.69) is 4.74 Å². The third kappa shape index (κ3) is 3.90. The highest BCUT2D eigenvalue weighted by Gasteiger charge is 2.39. The summed E-state index contributed by atoms with van der Waals surface area (Å²) in [6.45, 7) is 0. The van der Waals surface area contributed by atoms with Gasteiger partial charge in [0.05, 0.1) is 7.11 Å². The second-order valence-electron chi connectivity index (χ2n) is 3.48. The molecule has 8 heteroatoms. The molecule has 1 aromatic carbocycles. The van der Waals surface area contributed by atoms with Crippen LogP contribution in [0.3, 0.4) is 0 Å². The Morgan fingerprint density at radius 3 is 2.30 bits per heavy atom. The molecule has 0 atom stereocenters. The van der Waals surface area contributed by atoms with Crippen molar-refractivity contribution in [3.63, 3.8) is 0 Å². The molecule has 0 heterocycles. The number of carbonyl (C=O) groups is 1. The van der Waals surface area contributed by atoms with Crippen molar-refractivity contribution in [1.29, 1.82) is 5.26 Å². The molecule has 0 unspecified atom stereocenters. The number of hydrogen-bond acceptors (Lipinski definition) is 4. The fourth-order valence-electron chi connectivity index (χ4n) is 1.26. The van der Waals surface area contributed by atoms with Gasteiger partial charge in [-0.05, 0) is 24.3 Å². The van der Waals surface area contributed by atoms with Gasteiger partial charge in [0.1, 0.15) is 11.8 Å². The van der Waals surface area contributed by atoms with Gasteiger partial charge in [0.25, 0.3) is 0 Å². The Kier molecular flexibility index (Phi) is 5.00. The molecule has 1 rings (SSSR count). The lowest BCUT2D eigenvalue weighted by Crippen LogP contribution is -2.24. The number of esters is 1. The predicted molar refractivity (Wildman–Crippen MR) is 65.8 cm³/mol. The van der Waals surface area contributed by atoms with Crippen LogP contribution in [0.1, 0.15) is 0 Å². The van der Waals surface area contributed by atoms with E-state index >= 15 is 0 Å². The van der Waals surface area contributed by atoms with Gasteiger partial charge in [0, 0.05) is 10.7 Å². The van der Waals surface area contributed by atoms with Crippen molar-refractivity contribution in [2.45, 2.75) is 6.18 Å². The van der Waals surface area contributed by atoms with E-state index < -0.39 is 23.4 Å². The average Bonchev–Trinajstić information content (AvgIpc) is 2.39. The SMILES string of the molecule is COC(=O)C(C#N)=C(Nc1ccc(Cl)cc1)C(F)(F)F. The molecule has 106 valence electrons. The molecular weight excluding hydrogens is 297 g/mol. The zero-order valence-electron chi connectivity index (χ0n) is 10.1. The lowest BCUT2D eigenvalue weighted by Gasteiger charge is -2.15. The van der Waals surface area contributed by atoms with Gasteiger partial charge in [-0.3, -0.25) is 0 Å². The fraction of sp³-hybridized carbons (Fsp3) is 0.167. The van der Waals surface area contributed by atoms with Crippen molar-refractivity contribution in [3.8, 4) is 6.07 Å². The molecule has 0 saturated carbocycles. The second kappa shape index (κ2) is 6.30. The molecule has 1 N–H and O–H groups in total. The Balaban J connectivity index is 3.27. The molecule has 0 aliphatic rings. The Hall–Kier alpha value is -2.20. The molecule has 0 aromatic heterocycles. The lowest BCUT2D eigenvalue weighted by atomic mass is 10.2. The Bertz CT molecular complexity index is 574. The fourth-order valence-corrected chi connectivity index (χ4v) is 1.38. The zero-order valence-corrected chi connectivity index (χ0v) is 10.8. The lowest BCUT2D eigenvalue weighted by molar-refractivity contribution is -0.136. The summed E-state index contributed by atoms with van der Waals surface area (Å²) in [5.41, 5.74) is -2.62. The van der Waals surface area contributed by atoms with Gasteiger partial charge in [-0.2, -0.15) is 18.4 Å². The molecule has 4 nitrogen and oxygen atoms in total. The van der Waals surface area contributed by atoms with Crippen molar-refractivity contribution in [3.05, 3.63) is 40.6 Å². The number of allylic oxidation sites excluding steroid dienone is 1. The Labute approximate surface area is 117 Å². The van der Waals surface area contributed by atoms with E-state index in [1.165, 1.54) is 30.3 Å². The largest absolute Gasteiger partial charge is 0.465 e. The molecule has 20 heavy (non-hydrogen) atoms. The van der Waals surface area contributed by atoms with Crippen molar-refractivity contribution >= 4 is 23.3 Å². The van der Waals surface area contributed by atoms with Gasteiger partial charge in [0.2, 0.25) is 0 Å². The van der Waals surface area contributed by atoms with Crippen LogP contribution in [0.2, 0.25) is 5.02 Å². The first-order chi connectivity index (χ1) is 9.29. The number of alkyl halides is 3. The molecule has 0 aliphatic carbocycles. The number of methoxy groups -OCH3 is 1. The van der Waals surface area contributed by atoms with Gasteiger partial charge in [-0.1, -0.05) is 11.6 Å². The summed E-state index contributed by atoms with van der Waals surface area (Å²) >= 11 is 5.61. The predicted octanol–water partition coefficient (Wildman–Crippen LogP) is 3.26. The molecule has 0 fully saturated rings. The molecule has 0 aliphatic heterocycles. The number of hydrogen-bond donors (Lipinski definition) is 1. The first kappa shape index (κ1) is 15.9. The molecule has 0 saturated heterocycles. The number of benzene rings is 1. The number of halogens is 4. The molecular formula is C12H8ClF3N2O2. The molecule has 0 amide bonds. The van der Waals surface area contributed by atoms with Crippen LogP contribution in [-0.4, -0.2) is 19.3 Å². The minimum Gasteiger partial charge on any atom is -0.465 e. The number of nitrogens with zero attached hydrogens (tertiary/aromatic N) is 1. The number of carbonyl (C=O) groups excluding carboxylic acids is 1. The maximum Gasteiger partial charge on any atom is 0.432 e. The van der Waals surface area contributed by atoms with Crippen LogP contribution in [0, 0.1) is 11.3 Å². The van der Waals surface area contributed by atoms with Crippen LogP contribution in [0.15, 0.2) is 35.5 Å². The summed E-state index contributed by atoms with van der Waals surface area (Å²) in [5.74, 6) is -1.37. The van der Waals surface area contributed by atoms with E-state index in [0.717, 1.165) is 7.11 Å². The smallest absolute Gasteiger partial charge is 0.432 e. The molecule has 0 bridgehead atoms. The Morgan fingerprint density at radius 2 is 1.90 bits per heavy atom. The average molecular weight is 305 g/mol. The summed E-state index contributed by atoms with van der Waals surface area (Å²) < 4.78 is 42.9. The number of anilines is 1. The van der Waals surface area contributed by atoms with Crippen LogP contribution in [-0.2, 0) is 9.53 Å². The third-order valence-electron chi connectivity index (χ3n) is 2.15. The van der Waals surface area contributed by atoms with E-state index in [1.54, 1.807) is 0 Å². The number of rotatable bonds is 3. The highest BCUT2D eigenvalue weighted by atomic mass is 35.5. The first-order valence-corrected chi connectivity index (χ1v) is 5.50. The third-order valence-corrected chi connectivity index (χ3v) is 2.40. The van der Waals surface area contributed by atoms with Gasteiger partial charge < -0.3 is 10.1 Å². The summed E-state index contributed by atoms with van der Waals surface area (Å²) in [6.07, 6.45) is -4.92. The standard InChI is InChI=1S/C12H8ClF3N2O2/c1-20-11(19)9(6-17)10(12(14,15)16)18-8-4-2-7(13)3-5-8/h2-5,18H,1H3. The van der Waals surface area contributed by atoms with Crippen molar-refractivity contribution in [1.82, 2.24) is 0 Å². The maximum atomic E-state index is 12.9. The molecule has 0 radical (unpaired) electrons. The Morgan fingerprint density at radius 1 is 1.35 bits per heavy atom. The summed E-state index contributed by atoms with van der Waals surface area (Å²) in [5, 5.41) is 11.0. The maximum absolute atomic E-state index is 12.9. The van der Waals surface area contributed by atoms with Crippen LogP contribution >= 0.6 is 11.6 Å². The summed E-state index contributed by atoms with van der Waals surface area (Å²) in [7, 11) is 0.885. The minimum absolute atomic E-state index is 0.0263. The summed E-state index contributed by atoms with van der Waals surface area (Å²) in [4.78, 5) is 11.2. The molecule has 1 aromatic rings. The quantitative estimate of drug-likeness (QED) is 0.529. The topological polar surface area (TPSA) is 62.1 Å².